The van der Waals surface area contributed by atoms with E-state index in [4.69, 9.17) is 14.5 Å². The Bertz CT molecular complexity index is 1370. The van der Waals surface area contributed by atoms with Crippen LogP contribution in [-0.4, -0.2) is 98.9 Å². The van der Waals surface area contributed by atoms with Crippen LogP contribution >= 0.6 is 0 Å². The maximum absolute atomic E-state index is 13.6. The number of hydrogen-bond acceptors (Lipinski definition) is 7. The second-order valence-corrected chi connectivity index (χ2v) is 11.3. The van der Waals surface area contributed by atoms with E-state index in [0.717, 1.165) is 55.7 Å². The van der Waals surface area contributed by atoms with Crippen molar-refractivity contribution in [1.82, 2.24) is 34.4 Å². The summed E-state index contributed by atoms with van der Waals surface area (Å²) >= 11 is 0. The molecule has 0 aromatic carbocycles. The van der Waals surface area contributed by atoms with Crippen LogP contribution in [-0.2, 0) is 17.8 Å². The Kier molecular flexibility index (Phi) is 6.14. The van der Waals surface area contributed by atoms with Gasteiger partial charge in [0, 0.05) is 75.7 Å². The third-order valence-electron chi connectivity index (χ3n) is 8.49. The Labute approximate surface area is 225 Å². The van der Waals surface area contributed by atoms with E-state index in [-0.39, 0.29) is 17.6 Å². The Morgan fingerprint density at radius 3 is 2.44 bits per heavy atom. The number of amides is 3. The van der Waals surface area contributed by atoms with Gasteiger partial charge in [-0.15, -0.1) is 0 Å². The molecule has 2 aromatic heterocycles. The third-order valence-corrected chi connectivity index (χ3v) is 8.49. The minimum Gasteiger partial charge on any atom is -0.477 e. The first-order chi connectivity index (χ1) is 19.0. The molecule has 4 aliphatic heterocycles. The van der Waals surface area contributed by atoms with Gasteiger partial charge in [0.1, 0.15) is 0 Å². The first-order valence-corrected chi connectivity index (χ1v) is 13.9. The van der Waals surface area contributed by atoms with Crippen LogP contribution in [0.3, 0.4) is 0 Å². The quantitative estimate of drug-likeness (QED) is 0.573. The zero-order chi connectivity index (χ0) is 26.5. The zero-order valence-electron chi connectivity index (χ0n) is 21.9. The average molecular weight is 536 g/mol. The van der Waals surface area contributed by atoms with E-state index < -0.39 is 0 Å². The molecule has 5 aliphatic rings. The predicted octanol–water partition coefficient (Wildman–Crippen LogP) is 1.35. The predicted molar refractivity (Wildman–Crippen MR) is 138 cm³/mol. The Balaban J connectivity index is 0.980. The molecule has 0 unspecified atom stereocenters. The van der Waals surface area contributed by atoms with Crippen LogP contribution < -0.4 is 10.4 Å². The number of aromatic amines is 1. The number of urea groups is 1. The van der Waals surface area contributed by atoms with Gasteiger partial charge in [0.15, 0.2) is 5.82 Å². The maximum Gasteiger partial charge on any atom is 0.343 e. The lowest BCUT2D eigenvalue weighted by Crippen LogP contribution is -2.47. The first kappa shape index (κ1) is 24.4. The number of carbonyl (C=O) groups is 2. The average Bonchev–Trinajstić information content (AvgIpc) is 3.49. The van der Waals surface area contributed by atoms with Crippen molar-refractivity contribution >= 4 is 11.9 Å². The lowest BCUT2D eigenvalue weighted by atomic mass is 10.0. The van der Waals surface area contributed by atoms with E-state index in [0.29, 0.717) is 81.5 Å². The Morgan fingerprint density at radius 2 is 1.69 bits per heavy atom. The third kappa shape index (κ3) is 4.81. The second-order valence-electron chi connectivity index (χ2n) is 11.3. The van der Waals surface area contributed by atoms with E-state index in [2.05, 4.69) is 10.2 Å². The minimum atomic E-state index is -0.236. The molecule has 2 aromatic rings. The lowest BCUT2D eigenvalue weighted by molar-refractivity contribution is 0.0490. The maximum atomic E-state index is 13.6. The molecular formula is C27H33N7O5. The van der Waals surface area contributed by atoms with Crippen LogP contribution in [0.15, 0.2) is 28.1 Å². The molecule has 0 bridgehead atoms. The number of ether oxygens (including phenoxy) is 2. The highest BCUT2D eigenvalue weighted by Crippen LogP contribution is 2.40. The van der Waals surface area contributed by atoms with Crippen LogP contribution in [0.2, 0.25) is 0 Å². The first-order valence-electron chi connectivity index (χ1n) is 13.9. The molecule has 3 amide bonds. The number of H-pyrrole nitrogens is 1. The molecule has 2 fully saturated rings. The summed E-state index contributed by atoms with van der Waals surface area (Å²) in [6.07, 6.45) is 4.17. The molecule has 39 heavy (non-hydrogen) atoms. The van der Waals surface area contributed by atoms with Crippen molar-refractivity contribution in [2.24, 2.45) is 5.92 Å². The molecule has 0 atom stereocenters. The number of fused-ring (bicyclic) bond motifs is 1. The van der Waals surface area contributed by atoms with Gasteiger partial charge in [-0.05, 0) is 48.8 Å². The summed E-state index contributed by atoms with van der Waals surface area (Å²) in [4.78, 5) is 48.7. The topological polar surface area (TPSA) is 126 Å². The zero-order valence-corrected chi connectivity index (χ0v) is 21.9. The summed E-state index contributed by atoms with van der Waals surface area (Å²) in [6, 6.07) is 3.67. The lowest BCUT2D eigenvalue weighted by Gasteiger charge is -2.31. The number of nitrogens with zero attached hydrogens (tertiary/aromatic N) is 6. The minimum absolute atomic E-state index is 0.0185. The molecule has 0 radical (unpaired) electrons. The normalized spacial score (nSPS) is 21.4. The van der Waals surface area contributed by atoms with E-state index >= 15 is 0 Å². The SMILES string of the molecule is O=C(c1cc(OCC2CCOCC2)nc(C2CC2)c1)N1CC2=C(C1)CN(C(=O)N1CCn3c(n[nH]c3=O)C1)C2. The largest absolute Gasteiger partial charge is 0.477 e. The highest BCUT2D eigenvalue weighted by molar-refractivity contribution is 5.95. The Morgan fingerprint density at radius 1 is 0.949 bits per heavy atom. The number of nitrogens with one attached hydrogen (secondary N) is 1. The van der Waals surface area contributed by atoms with Crippen LogP contribution in [0, 0.1) is 5.92 Å². The van der Waals surface area contributed by atoms with Crippen molar-refractivity contribution in [3.8, 4) is 5.88 Å². The molecule has 6 heterocycles. The molecule has 12 nitrogen and oxygen atoms in total. The van der Waals surface area contributed by atoms with Crippen molar-refractivity contribution in [2.75, 3.05) is 52.5 Å². The number of pyridine rings is 1. The Hall–Kier alpha value is -3.67. The number of carbonyl (C=O) groups excluding carboxylic acids is 2. The molecule has 1 saturated heterocycles. The molecule has 1 aliphatic carbocycles. The molecule has 206 valence electrons. The van der Waals surface area contributed by atoms with Gasteiger partial charge in [-0.25, -0.2) is 19.7 Å². The molecule has 1 saturated carbocycles. The highest BCUT2D eigenvalue weighted by Gasteiger charge is 2.37. The molecular weight excluding hydrogens is 502 g/mol. The van der Waals surface area contributed by atoms with E-state index in [9.17, 15) is 14.4 Å². The monoisotopic (exact) mass is 535 g/mol. The van der Waals surface area contributed by atoms with Gasteiger partial charge in [-0.2, -0.15) is 5.10 Å². The van der Waals surface area contributed by atoms with E-state index in [1.54, 1.807) is 15.5 Å². The summed E-state index contributed by atoms with van der Waals surface area (Å²) in [7, 11) is 0. The molecule has 1 N–H and O–H groups in total. The summed E-state index contributed by atoms with van der Waals surface area (Å²) in [5.74, 6) is 1.96. The van der Waals surface area contributed by atoms with Gasteiger partial charge in [0.2, 0.25) is 5.88 Å². The van der Waals surface area contributed by atoms with Crippen LogP contribution in [0.1, 0.15) is 53.5 Å². The molecule has 12 heteroatoms. The summed E-state index contributed by atoms with van der Waals surface area (Å²) in [5, 5.41) is 6.48. The fourth-order valence-electron chi connectivity index (χ4n) is 6.01. The summed E-state index contributed by atoms with van der Waals surface area (Å²) in [6.45, 7) is 5.45. The highest BCUT2D eigenvalue weighted by atomic mass is 16.5. The molecule has 7 rings (SSSR count). The summed E-state index contributed by atoms with van der Waals surface area (Å²) in [5.41, 5.74) is 3.61. The van der Waals surface area contributed by atoms with Crippen molar-refractivity contribution in [3.05, 3.63) is 50.8 Å². The van der Waals surface area contributed by atoms with Gasteiger partial charge in [0.05, 0.1) is 13.2 Å². The van der Waals surface area contributed by atoms with Crippen LogP contribution in [0.25, 0.3) is 0 Å². The van der Waals surface area contributed by atoms with Crippen molar-refractivity contribution in [2.45, 2.75) is 44.7 Å². The summed E-state index contributed by atoms with van der Waals surface area (Å²) < 4.78 is 13.1. The fraction of sp³-hybridized carbons (Fsp3) is 0.593. The van der Waals surface area contributed by atoms with Crippen LogP contribution in [0.5, 0.6) is 5.88 Å². The van der Waals surface area contributed by atoms with Gasteiger partial charge in [0.25, 0.3) is 5.91 Å². The van der Waals surface area contributed by atoms with Gasteiger partial charge in [-0.3, -0.25) is 9.36 Å². The standard InChI is InChI=1S/C27H33N7O5/c35-25(19-9-22(18-1-2-18)28-24(10-19)39-16-17-3-7-38-8-4-17)32-11-20-13-33(14-21(20)12-32)27(37)31-5-6-34-23(15-31)29-30-26(34)36/h9-10,17-18H,1-8,11-16H2,(H,30,36). The number of aromatic nitrogens is 4. The van der Waals surface area contributed by atoms with Gasteiger partial charge < -0.3 is 24.2 Å². The van der Waals surface area contributed by atoms with E-state index in [1.807, 2.05) is 15.9 Å². The second kappa shape index (κ2) is 9.82. The number of hydrogen-bond donors (Lipinski definition) is 1. The van der Waals surface area contributed by atoms with Gasteiger partial charge in [-0.1, -0.05) is 0 Å². The molecule has 0 spiro atoms. The smallest absolute Gasteiger partial charge is 0.343 e. The van der Waals surface area contributed by atoms with Gasteiger partial charge >= 0.3 is 11.7 Å². The van der Waals surface area contributed by atoms with E-state index in [1.165, 1.54) is 0 Å². The van der Waals surface area contributed by atoms with Crippen molar-refractivity contribution in [3.63, 3.8) is 0 Å². The van der Waals surface area contributed by atoms with Crippen molar-refractivity contribution < 1.29 is 19.1 Å². The van der Waals surface area contributed by atoms with Crippen molar-refractivity contribution in [1.29, 1.82) is 0 Å². The fourth-order valence-corrected chi connectivity index (χ4v) is 6.01. The van der Waals surface area contributed by atoms with Crippen LogP contribution in [0.4, 0.5) is 4.79 Å². The number of rotatable bonds is 5.